The number of rotatable bonds is 15. The Labute approximate surface area is 141 Å². The van der Waals surface area contributed by atoms with Gasteiger partial charge < -0.3 is 10.2 Å². The molecule has 0 aliphatic rings. The van der Waals surface area contributed by atoms with E-state index < -0.39 is 18.0 Å². The Morgan fingerprint density at radius 2 is 1.74 bits per heavy atom. The number of carbonyl (C=O) groups is 1. The summed E-state index contributed by atoms with van der Waals surface area (Å²) in [7, 11) is 0. The zero-order chi connectivity index (χ0) is 17.7. The number of aliphatic carboxylic acids is 1. The topological polar surface area (TPSA) is 76.0 Å². The summed E-state index contributed by atoms with van der Waals surface area (Å²) < 4.78 is 0. The monoisotopic (exact) mass is 332 g/mol. The molecule has 0 aromatic heterocycles. The highest BCUT2D eigenvalue weighted by Gasteiger charge is 2.29. The van der Waals surface area contributed by atoms with E-state index in [9.17, 15) is 15.0 Å². The van der Waals surface area contributed by atoms with Gasteiger partial charge in [0.2, 0.25) is 0 Å². The quantitative estimate of drug-likeness (QED) is 0.267. The molecule has 0 radical (unpaired) electrons. The van der Waals surface area contributed by atoms with E-state index in [0.717, 1.165) is 32.1 Å². The molecular formula is C18H36O5. The minimum Gasteiger partial charge on any atom is -0.481 e. The molecule has 2 N–H and O–H groups in total. The number of unbranched alkanes of at least 4 members (excludes halogenated alkanes) is 3. The summed E-state index contributed by atoms with van der Waals surface area (Å²) in [4.78, 5) is 22.3. The average molecular weight is 332 g/mol. The van der Waals surface area contributed by atoms with Crippen molar-refractivity contribution in [3.63, 3.8) is 0 Å². The highest BCUT2D eigenvalue weighted by molar-refractivity contribution is 5.70. The Kier molecular flexibility index (Phi) is 13.4. The Morgan fingerprint density at radius 1 is 1.04 bits per heavy atom. The van der Waals surface area contributed by atoms with Crippen molar-refractivity contribution in [2.24, 2.45) is 11.8 Å². The molecule has 0 aromatic rings. The van der Waals surface area contributed by atoms with Crippen molar-refractivity contribution >= 4 is 5.97 Å². The summed E-state index contributed by atoms with van der Waals surface area (Å²) in [6, 6.07) is 0. The number of aliphatic hydroxyl groups is 1. The van der Waals surface area contributed by atoms with E-state index in [1.807, 2.05) is 13.8 Å². The van der Waals surface area contributed by atoms with Gasteiger partial charge in [0.15, 0.2) is 0 Å². The summed E-state index contributed by atoms with van der Waals surface area (Å²) in [5, 5.41) is 18.8. The first-order valence-electron chi connectivity index (χ1n) is 9.11. The summed E-state index contributed by atoms with van der Waals surface area (Å²) in [5.41, 5.74) is 0. The Morgan fingerprint density at radius 3 is 2.26 bits per heavy atom. The average Bonchev–Trinajstić information content (AvgIpc) is 2.45. The first kappa shape index (κ1) is 22.4. The normalized spacial score (nSPS) is 16.7. The van der Waals surface area contributed by atoms with E-state index in [2.05, 4.69) is 6.92 Å². The zero-order valence-electron chi connectivity index (χ0n) is 15.3. The fourth-order valence-corrected chi connectivity index (χ4v) is 2.75. The molecule has 4 atom stereocenters. The van der Waals surface area contributed by atoms with Crippen molar-refractivity contribution in [2.75, 3.05) is 6.61 Å². The molecule has 0 bridgehead atoms. The lowest BCUT2D eigenvalue weighted by molar-refractivity contribution is -0.339. The second-order valence-corrected chi connectivity index (χ2v) is 6.69. The molecule has 0 aliphatic carbocycles. The van der Waals surface area contributed by atoms with Crippen LogP contribution in [-0.4, -0.2) is 35.0 Å². The van der Waals surface area contributed by atoms with Crippen LogP contribution in [0, 0.1) is 11.8 Å². The second-order valence-electron chi connectivity index (χ2n) is 6.69. The van der Waals surface area contributed by atoms with Crippen molar-refractivity contribution < 1.29 is 24.8 Å². The molecule has 5 heteroatoms. The van der Waals surface area contributed by atoms with Crippen LogP contribution in [0.4, 0.5) is 0 Å². The second kappa shape index (κ2) is 13.8. The van der Waals surface area contributed by atoms with Gasteiger partial charge in [-0.2, -0.15) is 0 Å². The van der Waals surface area contributed by atoms with E-state index in [1.54, 1.807) is 6.92 Å². The molecule has 5 nitrogen and oxygen atoms in total. The molecule has 0 aromatic carbocycles. The number of aliphatic hydroxyl groups excluding tert-OH is 1. The van der Waals surface area contributed by atoms with Crippen LogP contribution in [0.3, 0.4) is 0 Å². The molecule has 0 spiro atoms. The molecule has 0 rings (SSSR count). The highest BCUT2D eigenvalue weighted by atomic mass is 17.2. The SMILES string of the molecule is CCCCCCC(C(=O)O)C(CCC)OOCC(C)CC(C)O. The van der Waals surface area contributed by atoms with Gasteiger partial charge in [-0.3, -0.25) is 4.79 Å². The first-order chi connectivity index (χ1) is 10.9. The van der Waals surface area contributed by atoms with Crippen LogP contribution < -0.4 is 0 Å². The van der Waals surface area contributed by atoms with Gasteiger partial charge in [-0.05, 0) is 32.1 Å². The highest BCUT2D eigenvalue weighted by Crippen LogP contribution is 2.22. The maximum Gasteiger partial charge on any atom is 0.309 e. The first-order valence-corrected chi connectivity index (χ1v) is 9.11. The largest absolute Gasteiger partial charge is 0.481 e. The van der Waals surface area contributed by atoms with Gasteiger partial charge in [0.05, 0.1) is 18.6 Å². The smallest absolute Gasteiger partial charge is 0.309 e. The minimum atomic E-state index is -0.805. The van der Waals surface area contributed by atoms with Crippen LogP contribution in [0.1, 0.15) is 79.1 Å². The summed E-state index contributed by atoms with van der Waals surface area (Å²) in [6.45, 7) is 8.24. The summed E-state index contributed by atoms with van der Waals surface area (Å²) in [6.07, 6.45) is 6.27. The number of hydrogen-bond donors (Lipinski definition) is 2. The van der Waals surface area contributed by atoms with Gasteiger partial charge >= 0.3 is 5.97 Å². The van der Waals surface area contributed by atoms with Gasteiger partial charge in [-0.15, -0.1) is 0 Å². The van der Waals surface area contributed by atoms with Crippen molar-refractivity contribution in [1.29, 1.82) is 0 Å². The maximum atomic E-state index is 11.6. The number of hydrogen-bond acceptors (Lipinski definition) is 4. The predicted molar refractivity (Wildman–Crippen MR) is 91.1 cm³/mol. The van der Waals surface area contributed by atoms with E-state index >= 15 is 0 Å². The van der Waals surface area contributed by atoms with Gasteiger partial charge in [-0.25, -0.2) is 9.78 Å². The Hall–Kier alpha value is -0.650. The Balaban J connectivity index is 4.36. The lowest BCUT2D eigenvalue weighted by Gasteiger charge is -2.24. The van der Waals surface area contributed by atoms with E-state index in [0.29, 0.717) is 25.9 Å². The molecule has 4 unspecified atom stereocenters. The van der Waals surface area contributed by atoms with E-state index in [4.69, 9.17) is 9.78 Å². The van der Waals surface area contributed by atoms with Gasteiger partial charge in [0.1, 0.15) is 6.10 Å². The van der Waals surface area contributed by atoms with Crippen molar-refractivity contribution in [3.8, 4) is 0 Å². The molecule has 0 fully saturated rings. The van der Waals surface area contributed by atoms with Crippen LogP contribution in [0.15, 0.2) is 0 Å². The van der Waals surface area contributed by atoms with Crippen molar-refractivity contribution in [3.05, 3.63) is 0 Å². The van der Waals surface area contributed by atoms with Gasteiger partial charge in [0, 0.05) is 0 Å². The fourth-order valence-electron chi connectivity index (χ4n) is 2.75. The third-order valence-electron chi connectivity index (χ3n) is 4.00. The zero-order valence-corrected chi connectivity index (χ0v) is 15.3. The van der Waals surface area contributed by atoms with Gasteiger partial charge in [-0.1, -0.05) is 52.9 Å². The Bertz CT molecular complexity index is 293. The number of carboxylic acid groups (broad SMARTS) is 1. The molecule has 0 saturated carbocycles. The van der Waals surface area contributed by atoms with Gasteiger partial charge in [0.25, 0.3) is 0 Å². The number of carboxylic acids is 1. The lowest BCUT2D eigenvalue weighted by atomic mass is 9.92. The van der Waals surface area contributed by atoms with Crippen LogP contribution in [-0.2, 0) is 14.6 Å². The van der Waals surface area contributed by atoms with E-state index in [-0.39, 0.29) is 12.0 Å². The maximum absolute atomic E-state index is 11.6. The van der Waals surface area contributed by atoms with E-state index in [1.165, 1.54) is 0 Å². The van der Waals surface area contributed by atoms with Crippen molar-refractivity contribution in [1.82, 2.24) is 0 Å². The van der Waals surface area contributed by atoms with Crippen LogP contribution >= 0.6 is 0 Å². The molecule has 23 heavy (non-hydrogen) atoms. The van der Waals surface area contributed by atoms with Crippen molar-refractivity contribution in [2.45, 2.75) is 91.3 Å². The lowest BCUT2D eigenvalue weighted by Crippen LogP contribution is -2.31. The fraction of sp³-hybridized carbons (Fsp3) is 0.944. The summed E-state index contributed by atoms with van der Waals surface area (Å²) >= 11 is 0. The predicted octanol–water partition coefficient (Wildman–Crippen LogP) is 4.18. The molecule has 0 saturated heterocycles. The third-order valence-corrected chi connectivity index (χ3v) is 4.00. The standard InChI is InChI=1S/C18H36O5/c1-5-7-8-9-11-16(18(20)21)17(10-6-2)23-22-13-14(3)12-15(4)19/h14-17,19H,5-13H2,1-4H3,(H,20,21). The molecule has 0 amide bonds. The van der Waals surface area contributed by atoms with Crippen LogP contribution in [0.2, 0.25) is 0 Å². The molecule has 138 valence electrons. The molecular weight excluding hydrogens is 296 g/mol. The molecule has 0 heterocycles. The van der Waals surface area contributed by atoms with Crippen LogP contribution in [0.25, 0.3) is 0 Å². The van der Waals surface area contributed by atoms with Crippen LogP contribution in [0.5, 0.6) is 0 Å². The molecule has 0 aliphatic heterocycles. The minimum absolute atomic E-state index is 0.171. The summed E-state index contributed by atoms with van der Waals surface area (Å²) in [5.74, 6) is -1.15. The third kappa shape index (κ3) is 11.5.